The maximum Gasteiger partial charge on any atom is 0.0714 e. The van der Waals surface area contributed by atoms with Crippen LogP contribution < -0.4 is 4.90 Å². The van der Waals surface area contributed by atoms with Crippen LogP contribution in [-0.2, 0) is 5.41 Å². The molecule has 220 valence electrons. The summed E-state index contributed by atoms with van der Waals surface area (Å²) in [6.07, 6.45) is 0. The third kappa shape index (κ3) is 3.77. The van der Waals surface area contributed by atoms with Crippen LogP contribution in [-0.4, -0.2) is 0 Å². The van der Waals surface area contributed by atoms with Crippen LogP contribution in [0.25, 0.3) is 41.7 Å². The molecule has 1 nitrogen and oxygen atoms in total. The van der Waals surface area contributed by atoms with Gasteiger partial charge in [0.2, 0.25) is 0 Å². The fourth-order valence-electron chi connectivity index (χ4n) is 8.14. The largest absolute Gasteiger partial charge is 0.310 e. The molecule has 47 heavy (non-hydrogen) atoms. The van der Waals surface area contributed by atoms with Crippen LogP contribution >= 0.6 is 11.3 Å². The molecule has 0 saturated carbocycles. The summed E-state index contributed by atoms with van der Waals surface area (Å²) in [5.74, 6) is 0. The van der Waals surface area contributed by atoms with Crippen LogP contribution in [0.4, 0.5) is 17.1 Å². The molecule has 9 aromatic rings. The summed E-state index contributed by atoms with van der Waals surface area (Å²) in [4.78, 5) is 2.38. The minimum absolute atomic E-state index is 0.421. The van der Waals surface area contributed by atoms with Crippen LogP contribution in [0.15, 0.2) is 176 Å². The maximum absolute atomic E-state index is 2.38. The molecule has 8 aromatic carbocycles. The van der Waals surface area contributed by atoms with Crippen LogP contribution in [0.2, 0.25) is 0 Å². The zero-order chi connectivity index (χ0) is 31.0. The van der Waals surface area contributed by atoms with Crippen molar-refractivity contribution in [3.63, 3.8) is 0 Å². The molecule has 10 rings (SSSR count). The minimum Gasteiger partial charge on any atom is -0.310 e. The molecule has 0 spiro atoms. The number of rotatable bonds is 5. The monoisotopic (exact) mass is 615 g/mol. The number of fused-ring (bicyclic) bond motifs is 3. The summed E-state index contributed by atoms with van der Waals surface area (Å²) in [6.45, 7) is 0. The highest BCUT2D eigenvalue weighted by Gasteiger charge is 2.44. The first-order chi connectivity index (χ1) is 23.3. The maximum atomic E-state index is 2.38. The van der Waals surface area contributed by atoms with Crippen LogP contribution in [0, 0.1) is 0 Å². The standard InChI is InChI=1S/C45H29NS/c1-3-13-32(14-4-1)45(39-18-9-11-30-21-22-31-12-10-19-40(45)44(31)43(30)39)33-23-25-35(26-24-33)46(34-15-5-2-6-16-34)36-27-28-38-37-17-7-8-20-41(37)47-42(38)29-36/h1-29H. The molecule has 0 aliphatic heterocycles. The molecule has 0 atom stereocenters. The Morgan fingerprint density at radius 3 is 1.64 bits per heavy atom. The van der Waals surface area contributed by atoms with Gasteiger partial charge >= 0.3 is 0 Å². The summed E-state index contributed by atoms with van der Waals surface area (Å²) >= 11 is 1.86. The Labute approximate surface area is 277 Å². The van der Waals surface area contributed by atoms with Crippen molar-refractivity contribution in [3.8, 4) is 0 Å². The van der Waals surface area contributed by atoms with Crippen molar-refractivity contribution < 1.29 is 0 Å². The van der Waals surface area contributed by atoms with Crippen molar-refractivity contribution in [2.75, 3.05) is 4.90 Å². The van der Waals surface area contributed by atoms with E-state index in [1.54, 1.807) is 0 Å². The molecule has 0 saturated heterocycles. The Morgan fingerprint density at radius 1 is 0.383 bits per heavy atom. The molecule has 0 radical (unpaired) electrons. The lowest BCUT2D eigenvalue weighted by Crippen LogP contribution is -2.28. The van der Waals surface area contributed by atoms with E-state index in [4.69, 9.17) is 0 Å². The smallest absolute Gasteiger partial charge is 0.0714 e. The first-order valence-electron chi connectivity index (χ1n) is 16.2. The van der Waals surface area contributed by atoms with Gasteiger partial charge in [-0.1, -0.05) is 133 Å². The third-order valence-corrected chi connectivity index (χ3v) is 11.2. The predicted molar refractivity (Wildman–Crippen MR) is 201 cm³/mol. The molecule has 1 aliphatic rings. The predicted octanol–water partition coefficient (Wildman–Crippen LogP) is 12.5. The Morgan fingerprint density at radius 2 is 0.936 bits per heavy atom. The average molecular weight is 616 g/mol. The number of anilines is 3. The molecule has 0 N–H and O–H groups in total. The minimum atomic E-state index is -0.421. The van der Waals surface area contributed by atoms with Gasteiger partial charge in [0.05, 0.1) is 5.41 Å². The quantitative estimate of drug-likeness (QED) is 0.174. The highest BCUT2D eigenvalue weighted by Crippen LogP contribution is 2.56. The number of nitrogens with zero attached hydrogens (tertiary/aromatic N) is 1. The van der Waals surface area contributed by atoms with Crippen molar-refractivity contribution in [1.29, 1.82) is 0 Å². The summed E-state index contributed by atoms with van der Waals surface area (Å²) in [7, 11) is 0. The summed E-state index contributed by atoms with van der Waals surface area (Å²) in [6, 6.07) is 65.0. The second kappa shape index (κ2) is 10.2. The molecule has 1 heterocycles. The number of hydrogen-bond acceptors (Lipinski definition) is 2. The number of benzene rings is 8. The molecule has 0 bridgehead atoms. The fraction of sp³-hybridized carbons (Fsp3) is 0.0222. The SMILES string of the molecule is c1ccc(N(c2ccc(C3(c4ccccc4)c4cccc5ccc6cccc3c6c45)cc2)c2ccc3c(c2)sc2ccccc23)cc1. The van der Waals surface area contributed by atoms with Crippen molar-refractivity contribution in [2.45, 2.75) is 5.41 Å². The highest BCUT2D eigenvalue weighted by molar-refractivity contribution is 7.25. The number of thiophene rings is 1. The second-order valence-electron chi connectivity index (χ2n) is 12.5. The van der Waals surface area contributed by atoms with E-state index in [1.807, 2.05) is 11.3 Å². The van der Waals surface area contributed by atoms with E-state index in [9.17, 15) is 0 Å². The van der Waals surface area contributed by atoms with E-state index in [1.165, 1.54) is 64.0 Å². The lowest BCUT2D eigenvalue weighted by molar-refractivity contribution is 0.771. The molecule has 0 unspecified atom stereocenters. The van der Waals surface area contributed by atoms with Gasteiger partial charge in [0, 0.05) is 37.2 Å². The van der Waals surface area contributed by atoms with E-state index in [-0.39, 0.29) is 0 Å². The Bertz CT molecular complexity index is 2550. The van der Waals surface area contributed by atoms with Gasteiger partial charge < -0.3 is 4.90 Å². The van der Waals surface area contributed by atoms with Gasteiger partial charge in [-0.25, -0.2) is 0 Å². The van der Waals surface area contributed by atoms with Gasteiger partial charge in [-0.3, -0.25) is 0 Å². The Kier molecular flexibility index (Phi) is 5.73. The molecule has 1 aliphatic carbocycles. The summed E-state index contributed by atoms with van der Waals surface area (Å²) in [5.41, 5.74) is 8.29. The second-order valence-corrected chi connectivity index (χ2v) is 13.6. The van der Waals surface area contributed by atoms with E-state index >= 15 is 0 Å². The lowest BCUT2D eigenvalue weighted by Gasteiger charge is -2.35. The van der Waals surface area contributed by atoms with Crippen molar-refractivity contribution in [3.05, 3.63) is 198 Å². The van der Waals surface area contributed by atoms with Crippen molar-refractivity contribution >= 4 is 70.1 Å². The molecule has 1 aromatic heterocycles. The van der Waals surface area contributed by atoms with Crippen LogP contribution in [0.5, 0.6) is 0 Å². The van der Waals surface area contributed by atoms with E-state index in [0.29, 0.717) is 0 Å². The Balaban J connectivity index is 1.18. The van der Waals surface area contributed by atoms with E-state index in [2.05, 4.69) is 181 Å². The first kappa shape index (κ1) is 26.5. The normalized spacial score (nSPS) is 13.3. The van der Waals surface area contributed by atoms with Crippen molar-refractivity contribution in [1.82, 2.24) is 0 Å². The molecule has 0 fully saturated rings. The lowest BCUT2D eigenvalue weighted by atomic mass is 9.67. The average Bonchev–Trinajstić information content (AvgIpc) is 3.66. The molecular formula is C45H29NS. The molecule has 0 amide bonds. The van der Waals surface area contributed by atoms with Crippen LogP contribution in [0.1, 0.15) is 22.3 Å². The number of hydrogen-bond donors (Lipinski definition) is 0. The summed E-state index contributed by atoms with van der Waals surface area (Å²) < 4.78 is 2.62. The van der Waals surface area contributed by atoms with Gasteiger partial charge in [0.1, 0.15) is 0 Å². The van der Waals surface area contributed by atoms with Crippen molar-refractivity contribution in [2.24, 2.45) is 0 Å². The summed E-state index contributed by atoms with van der Waals surface area (Å²) in [5, 5.41) is 7.97. The van der Waals surface area contributed by atoms with Gasteiger partial charge in [0.15, 0.2) is 0 Å². The molecule has 2 heteroatoms. The van der Waals surface area contributed by atoms with E-state index < -0.39 is 5.41 Å². The van der Waals surface area contributed by atoms with Gasteiger partial charge in [-0.05, 0) is 86.3 Å². The Hall–Kier alpha value is -5.70. The highest BCUT2D eigenvalue weighted by atomic mass is 32.1. The fourth-order valence-corrected chi connectivity index (χ4v) is 9.28. The zero-order valence-electron chi connectivity index (χ0n) is 25.6. The van der Waals surface area contributed by atoms with Gasteiger partial charge in [-0.2, -0.15) is 0 Å². The first-order valence-corrected chi connectivity index (χ1v) is 17.0. The third-order valence-electron chi connectivity index (χ3n) is 10.1. The van der Waals surface area contributed by atoms with Gasteiger partial charge in [-0.15, -0.1) is 11.3 Å². The molecular weight excluding hydrogens is 587 g/mol. The van der Waals surface area contributed by atoms with E-state index in [0.717, 1.165) is 17.1 Å². The topological polar surface area (TPSA) is 3.24 Å². The zero-order valence-corrected chi connectivity index (χ0v) is 26.4. The van der Waals surface area contributed by atoms with Crippen LogP contribution in [0.3, 0.4) is 0 Å². The van der Waals surface area contributed by atoms with Gasteiger partial charge in [0.25, 0.3) is 0 Å². The number of para-hydroxylation sites is 1.